The van der Waals surface area contributed by atoms with Gasteiger partial charge in [-0.25, -0.2) is 0 Å². The number of hydrogen-bond donors (Lipinski definition) is 1. The molecule has 4 rings (SSSR count). The number of carbonyl (C=O) groups excluding carboxylic acids is 1. The second-order valence-electron chi connectivity index (χ2n) is 7.90. The van der Waals surface area contributed by atoms with Gasteiger partial charge in [0, 0.05) is 43.0 Å². The van der Waals surface area contributed by atoms with Crippen LogP contribution in [-0.2, 0) is 4.79 Å². The van der Waals surface area contributed by atoms with E-state index in [9.17, 15) is 28.1 Å². The molecule has 7 nitrogen and oxygen atoms in total. The zero-order valence-electron chi connectivity index (χ0n) is 16.9. The number of alkyl halides is 3. The lowest BCUT2D eigenvalue weighted by molar-refractivity contribution is -0.384. The Morgan fingerprint density at radius 2 is 1.94 bits per heavy atom. The maximum absolute atomic E-state index is 12.8. The molecule has 31 heavy (non-hydrogen) atoms. The Kier molecular flexibility index (Phi) is 5.03. The molecule has 0 saturated carbocycles. The molecule has 2 atom stereocenters. The predicted molar refractivity (Wildman–Crippen MR) is 110 cm³/mol. The largest absolute Gasteiger partial charge is 0.471 e. The number of nitro benzene ring substituents is 1. The zero-order valence-corrected chi connectivity index (χ0v) is 16.9. The molecule has 0 spiro atoms. The Balaban J connectivity index is 1.79. The topological polar surface area (TPSA) is 78.7 Å². The summed E-state index contributed by atoms with van der Waals surface area (Å²) in [5, 5.41) is 13.5. The summed E-state index contributed by atoms with van der Waals surface area (Å²) in [4.78, 5) is 26.3. The van der Waals surface area contributed by atoms with Gasteiger partial charge in [-0.2, -0.15) is 13.2 Å². The number of carbonyl (C=O) groups is 1. The Morgan fingerprint density at radius 1 is 1.19 bits per heavy atom. The van der Waals surface area contributed by atoms with Crippen molar-refractivity contribution in [2.24, 2.45) is 0 Å². The van der Waals surface area contributed by atoms with Crippen LogP contribution in [0.4, 0.5) is 35.9 Å². The van der Waals surface area contributed by atoms with Crippen molar-refractivity contribution in [1.82, 2.24) is 5.32 Å². The fraction of sp³-hybridized carbons (Fsp3) is 0.381. The van der Waals surface area contributed by atoms with Crippen LogP contribution in [0.2, 0.25) is 0 Å². The van der Waals surface area contributed by atoms with Gasteiger partial charge >= 0.3 is 12.1 Å². The Hall–Kier alpha value is -3.30. The minimum absolute atomic E-state index is 0.0365. The van der Waals surface area contributed by atoms with E-state index in [1.165, 1.54) is 12.1 Å². The number of benzene rings is 2. The van der Waals surface area contributed by atoms with Gasteiger partial charge in [0.05, 0.1) is 22.3 Å². The minimum Gasteiger partial charge on any atom is -0.363 e. The van der Waals surface area contributed by atoms with Crippen LogP contribution in [0.3, 0.4) is 0 Å². The number of aryl methyl sites for hydroxylation is 1. The molecule has 1 saturated heterocycles. The van der Waals surface area contributed by atoms with E-state index < -0.39 is 23.0 Å². The molecule has 2 aliphatic heterocycles. The van der Waals surface area contributed by atoms with Crippen LogP contribution in [0.15, 0.2) is 36.4 Å². The number of hydrogen-bond acceptors (Lipinski definition) is 5. The number of nitro groups is 1. The van der Waals surface area contributed by atoms with Gasteiger partial charge in [0.2, 0.25) is 0 Å². The van der Waals surface area contributed by atoms with Gasteiger partial charge in [-0.15, -0.1) is 0 Å². The molecular weight excluding hydrogens is 413 g/mol. The average molecular weight is 434 g/mol. The maximum atomic E-state index is 12.8. The lowest BCUT2D eigenvalue weighted by Crippen LogP contribution is -2.49. The molecule has 0 aromatic heterocycles. The second-order valence-corrected chi connectivity index (χ2v) is 7.90. The van der Waals surface area contributed by atoms with Crippen molar-refractivity contribution in [3.8, 4) is 0 Å². The van der Waals surface area contributed by atoms with Crippen LogP contribution in [0.5, 0.6) is 0 Å². The number of non-ortho nitro benzene ring substituents is 1. The van der Waals surface area contributed by atoms with Crippen LogP contribution < -0.4 is 15.1 Å². The van der Waals surface area contributed by atoms with Gasteiger partial charge < -0.3 is 15.1 Å². The maximum Gasteiger partial charge on any atom is 0.471 e. The molecule has 2 aromatic carbocycles. The summed E-state index contributed by atoms with van der Waals surface area (Å²) >= 11 is 0. The van der Waals surface area contributed by atoms with Gasteiger partial charge in [0.1, 0.15) is 0 Å². The quantitative estimate of drug-likeness (QED) is 0.561. The van der Waals surface area contributed by atoms with Gasteiger partial charge in [0.25, 0.3) is 5.69 Å². The number of rotatable bonds is 2. The van der Waals surface area contributed by atoms with E-state index in [2.05, 4.69) is 10.2 Å². The van der Waals surface area contributed by atoms with Crippen LogP contribution >= 0.6 is 0 Å². The standard InChI is InChI=1S/C21H21F3N4O3/c1-12-4-3-5-16-19(12)18-10-13(25-20(29)21(22,23)24)8-9-27(18)15-7-6-14(28(30)31)11-17(15)26(16)2/h3-7,11,13,18H,8-10H2,1-2H3,(H,25,29)/t13-,18+/m0/s1. The lowest BCUT2D eigenvalue weighted by Gasteiger charge is -2.41. The Bertz CT molecular complexity index is 1060. The van der Waals surface area contributed by atoms with Crippen molar-refractivity contribution in [2.75, 3.05) is 23.4 Å². The third-order valence-corrected chi connectivity index (χ3v) is 6.03. The van der Waals surface area contributed by atoms with E-state index >= 15 is 0 Å². The summed E-state index contributed by atoms with van der Waals surface area (Å²) in [6.45, 7) is 2.33. The minimum atomic E-state index is -4.93. The van der Waals surface area contributed by atoms with Crippen molar-refractivity contribution in [3.63, 3.8) is 0 Å². The molecule has 1 N–H and O–H groups in total. The lowest BCUT2D eigenvalue weighted by atomic mass is 9.88. The predicted octanol–water partition coefficient (Wildman–Crippen LogP) is 4.37. The summed E-state index contributed by atoms with van der Waals surface area (Å²) < 4.78 is 38.3. The first-order chi connectivity index (χ1) is 14.6. The van der Waals surface area contributed by atoms with E-state index in [0.717, 1.165) is 22.5 Å². The summed E-state index contributed by atoms with van der Waals surface area (Å²) in [5.74, 6) is -1.93. The molecule has 164 valence electrons. The number of nitrogens with zero attached hydrogens (tertiary/aromatic N) is 3. The first kappa shape index (κ1) is 21.0. The van der Waals surface area contributed by atoms with E-state index in [1.807, 2.05) is 37.1 Å². The van der Waals surface area contributed by atoms with Crippen LogP contribution in [0.25, 0.3) is 0 Å². The van der Waals surface area contributed by atoms with Crippen molar-refractivity contribution in [1.29, 1.82) is 0 Å². The molecule has 2 aliphatic rings. The SMILES string of the molecule is Cc1cccc2c1[C@H]1C[C@@H](NC(=O)C(F)(F)F)CCN1c1ccc([N+](=O)[O-])cc1N2C. The molecule has 0 unspecified atom stereocenters. The number of anilines is 3. The monoisotopic (exact) mass is 434 g/mol. The van der Waals surface area contributed by atoms with Gasteiger partial charge in [-0.05, 0) is 37.5 Å². The third-order valence-electron chi connectivity index (χ3n) is 6.03. The number of amides is 1. The van der Waals surface area contributed by atoms with Crippen molar-refractivity contribution >= 4 is 28.7 Å². The molecule has 0 radical (unpaired) electrons. The van der Waals surface area contributed by atoms with E-state index in [-0.39, 0.29) is 11.7 Å². The molecule has 0 bridgehead atoms. The van der Waals surface area contributed by atoms with Gasteiger partial charge in [-0.3, -0.25) is 14.9 Å². The normalized spacial score (nSPS) is 20.3. The smallest absolute Gasteiger partial charge is 0.363 e. The summed E-state index contributed by atoms with van der Waals surface area (Å²) in [6, 6.07) is 9.43. The van der Waals surface area contributed by atoms with Crippen LogP contribution in [0, 0.1) is 17.0 Å². The van der Waals surface area contributed by atoms with E-state index in [0.29, 0.717) is 25.1 Å². The number of fused-ring (bicyclic) bond motifs is 5. The molecule has 0 aliphatic carbocycles. The van der Waals surface area contributed by atoms with Gasteiger partial charge in [-0.1, -0.05) is 12.1 Å². The highest BCUT2D eigenvalue weighted by Crippen LogP contribution is 2.49. The fourth-order valence-electron chi connectivity index (χ4n) is 4.58. The average Bonchev–Trinajstić information content (AvgIpc) is 2.81. The highest BCUT2D eigenvalue weighted by atomic mass is 19.4. The number of piperidine rings is 1. The third kappa shape index (κ3) is 3.66. The van der Waals surface area contributed by atoms with Crippen molar-refractivity contribution in [3.05, 3.63) is 57.6 Å². The molecular formula is C21H21F3N4O3. The first-order valence-corrected chi connectivity index (χ1v) is 9.84. The molecule has 10 heteroatoms. The fourth-order valence-corrected chi connectivity index (χ4v) is 4.58. The van der Waals surface area contributed by atoms with Crippen LogP contribution in [0.1, 0.15) is 30.0 Å². The molecule has 2 heterocycles. The highest BCUT2D eigenvalue weighted by molar-refractivity contribution is 5.84. The van der Waals surface area contributed by atoms with Gasteiger partial charge in [0.15, 0.2) is 0 Å². The Labute approximate surface area is 176 Å². The van der Waals surface area contributed by atoms with Crippen molar-refractivity contribution in [2.45, 2.75) is 38.0 Å². The van der Waals surface area contributed by atoms with Crippen LogP contribution in [-0.4, -0.2) is 36.6 Å². The number of halogens is 3. The molecule has 1 amide bonds. The molecule has 2 aromatic rings. The zero-order chi connectivity index (χ0) is 22.5. The summed E-state index contributed by atoms with van der Waals surface area (Å²) in [7, 11) is 1.82. The van der Waals surface area contributed by atoms with E-state index in [4.69, 9.17) is 0 Å². The second kappa shape index (κ2) is 7.44. The Morgan fingerprint density at radius 3 is 2.61 bits per heavy atom. The highest BCUT2D eigenvalue weighted by Gasteiger charge is 2.42. The summed E-state index contributed by atoms with van der Waals surface area (Å²) in [5.41, 5.74) is 4.12. The number of nitrogens with one attached hydrogen (secondary N) is 1. The van der Waals surface area contributed by atoms with Crippen molar-refractivity contribution < 1.29 is 22.9 Å². The van der Waals surface area contributed by atoms with E-state index in [1.54, 1.807) is 6.07 Å². The molecule has 1 fully saturated rings. The summed E-state index contributed by atoms with van der Waals surface area (Å²) in [6.07, 6.45) is -4.30. The first-order valence-electron chi connectivity index (χ1n) is 9.84.